The van der Waals surface area contributed by atoms with Crippen LogP contribution in [0.25, 0.3) is 0 Å². The van der Waals surface area contributed by atoms with Crippen molar-refractivity contribution in [3.05, 3.63) is 69.5 Å². The Hall–Kier alpha value is -3.53. The lowest BCUT2D eigenvalue weighted by molar-refractivity contribution is -0.385. The standard InChI is InChI=1S/C22H24FN3O6/c1-14-11-25(15(2)10-24(14)12-16-3-6-18(23)7-4-16)21(27)13-32-20-8-5-17(22(28)29)9-19(20)26(30)31/h3-9,14-15H,10-13H2,1-2H3,(H,28,29)/t14-,15+/m1/s1. The Morgan fingerprint density at radius 3 is 2.47 bits per heavy atom. The highest BCUT2D eigenvalue weighted by Crippen LogP contribution is 2.28. The van der Waals surface area contributed by atoms with Crippen molar-refractivity contribution in [3.8, 4) is 5.75 Å². The Morgan fingerprint density at radius 1 is 1.16 bits per heavy atom. The zero-order chi connectivity index (χ0) is 23.4. The molecule has 170 valence electrons. The molecule has 0 unspecified atom stereocenters. The van der Waals surface area contributed by atoms with Gasteiger partial charge in [0.2, 0.25) is 0 Å². The average Bonchev–Trinajstić information content (AvgIpc) is 2.75. The van der Waals surface area contributed by atoms with Crippen molar-refractivity contribution in [3.63, 3.8) is 0 Å². The number of hydrogen-bond acceptors (Lipinski definition) is 6. The zero-order valence-corrected chi connectivity index (χ0v) is 17.7. The lowest BCUT2D eigenvalue weighted by atomic mass is 10.1. The molecule has 0 aliphatic carbocycles. The van der Waals surface area contributed by atoms with Crippen molar-refractivity contribution in [1.82, 2.24) is 9.80 Å². The molecule has 0 radical (unpaired) electrons. The zero-order valence-electron chi connectivity index (χ0n) is 17.7. The fourth-order valence-electron chi connectivity index (χ4n) is 3.73. The van der Waals surface area contributed by atoms with Crippen LogP contribution in [0.4, 0.5) is 10.1 Å². The van der Waals surface area contributed by atoms with Crippen molar-refractivity contribution in [2.75, 3.05) is 19.7 Å². The van der Waals surface area contributed by atoms with Gasteiger partial charge in [-0.1, -0.05) is 12.1 Å². The molecule has 0 spiro atoms. The Labute approximate surface area is 184 Å². The quantitative estimate of drug-likeness (QED) is 0.515. The number of ether oxygens (including phenoxy) is 1. The fraction of sp³-hybridized carbons (Fsp3) is 0.364. The number of halogens is 1. The first-order chi connectivity index (χ1) is 15.2. The van der Waals surface area contributed by atoms with Gasteiger partial charge in [-0.25, -0.2) is 9.18 Å². The number of aromatic carboxylic acids is 1. The Kier molecular flexibility index (Phi) is 7.04. The second-order valence-corrected chi connectivity index (χ2v) is 7.83. The van der Waals surface area contributed by atoms with Gasteiger partial charge in [0, 0.05) is 37.8 Å². The Balaban J connectivity index is 1.62. The summed E-state index contributed by atoms with van der Waals surface area (Å²) in [5.41, 5.74) is 0.226. The molecule has 1 aliphatic rings. The summed E-state index contributed by atoms with van der Waals surface area (Å²) in [6, 6.07) is 9.51. The minimum Gasteiger partial charge on any atom is -0.478 e. The molecule has 1 fully saturated rings. The number of carbonyl (C=O) groups excluding carboxylic acids is 1. The van der Waals surface area contributed by atoms with Crippen LogP contribution in [0.1, 0.15) is 29.8 Å². The molecule has 32 heavy (non-hydrogen) atoms. The lowest BCUT2D eigenvalue weighted by Crippen LogP contribution is -2.58. The number of benzene rings is 2. The maximum atomic E-state index is 13.1. The van der Waals surface area contributed by atoms with Gasteiger partial charge in [-0.2, -0.15) is 0 Å². The molecular formula is C22H24FN3O6. The van der Waals surface area contributed by atoms with E-state index in [0.29, 0.717) is 19.6 Å². The minimum atomic E-state index is -1.29. The summed E-state index contributed by atoms with van der Waals surface area (Å²) in [5, 5.41) is 20.3. The number of carboxylic acids is 1. The second kappa shape index (κ2) is 9.73. The Morgan fingerprint density at radius 2 is 1.84 bits per heavy atom. The first kappa shape index (κ1) is 23.1. The van der Waals surface area contributed by atoms with Gasteiger partial charge >= 0.3 is 11.7 Å². The number of carbonyl (C=O) groups is 2. The van der Waals surface area contributed by atoms with E-state index in [1.54, 1.807) is 17.0 Å². The van der Waals surface area contributed by atoms with E-state index in [1.807, 2.05) is 13.8 Å². The van der Waals surface area contributed by atoms with Crippen molar-refractivity contribution >= 4 is 17.6 Å². The summed E-state index contributed by atoms with van der Waals surface area (Å²) in [6.07, 6.45) is 0. The third-order valence-electron chi connectivity index (χ3n) is 5.49. The topological polar surface area (TPSA) is 113 Å². The van der Waals surface area contributed by atoms with Crippen LogP contribution in [-0.4, -0.2) is 63.5 Å². The number of nitro groups is 1. The summed E-state index contributed by atoms with van der Waals surface area (Å²) in [7, 11) is 0. The highest BCUT2D eigenvalue weighted by atomic mass is 19.1. The smallest absolute Gasteiger partial charge is 0.335 e. The monoisotopic (exact) mass is 445 g/mol. The molecule has 1 aliphatic heterocycles. The van der Waals surface area contributed by atoms with Crippen LogP contribution in [0.2, 0.25) is 0 Å². The van der Waals surface area contributed by atoms with Gasteiger partial charge in [0.1, 0.15) is 5.82 Å². The molecule has 9 nitrogen and oxygen atoms in total. The molecule has 0 saturated carbocycles. The van der Waals surface area contributed by atoms with Gasteiger partial charge in [0.05, 0.1) is 10.5 Å². The number of rotatable bonds is 7. The van der Waals surface area contributed by atoms with Crippen molar-refractivity contribution in [2.45, 2.75) is 32.5 Å². The van der Waals surface area contributed by atoms with Crippen LogP contribution >= 0.6 is 0 Å². The molecule has 1 heterocycles. The molecule has 1 N–H and O–H groups in total. The number of carboxylic acid groups (broad SMARTS) is 1. The van der Waals surface area contributed by atoms with Gasteiger partial charge in [-0.15, -0.1) is 0 Å². The molecule has 2 aromatic rings. The van der Waals surface area contributed by atoms with E-state index in [0.717, 1.165) is 11.6 Å². The summed E-state index contributed by atoms with van der Waals surface area (Å²) < 4.78 is 18.5. The number of hydrogen-bond donors (Lipinski definition) is 1. The second-order valence-electron chi connectivity index (χ2n) is 7.83. The van der Waals surface area contributed by atoms with E-state index in [4.69, 9.17) is 9.84 Å². The maximum Gasteiger partial charge on any atom is 0.335 e. The van der Waals surface area contributed by atoms with Crippen LogP contribution in [0, 0.1) is 15.9 Å². The summed E-state index contributed by atoms with van der Waals surface area (Å²) >= 11 is 0. The van der Waals surface area contributed by atoms with Gasteiger partial charge in [-0.05, 0) is 43.7 Å². The molecule has 2 aromatic carbocycles. The van der Waals surface area contributed by atoms with E-state index in [1.165, 1.54) is 24.3 Å². The highest BCUT2D eigenvalue weighted by molar-refractivity contribution is 5.89. The molecule has 2 atom stereocenters. The third-order valence-corrected chi connectivity index (χ3v) is 5.49. The molecule has 1 amide bonds. The predicted molar refractivity (Wildman–Crippen MR) is 113 cm³/mol. The first-order valence-electron chi connectivity index (χ1n) is 10.1. The number of nitro benzene ring substituents is 1. The summed E-state index contributed by atoms with van der Waals surface area (Å²) in [4.78, 5) is 38.2. The van der Waals surface area contributed by atoms with Crippen molar-refractivity contribution < 1.29 is 28.7 Å². The Bertz CT molecular complexity index is 1010. The maximum absolute atomic E-state index is 13.1. The van der Waals surface area contributed by atoms with Gasteiger partial charge < -0.3 is 14.7 Å². The molecule has 0 bridgehead atoms. The van der Waals surface area contributed by atoms with Crippen LogP contribution in [-0.2, 0) is 11.3 Å². The van der Waals surface area contributed by atoms with Crippen LogP contribution in [0.5, 0.6) is 5.75 Å². The third kappa shape index (κ3) is 5.38. The number of piperazine rings is 1. The fourth-order valence-corrected chi connectivity index (χ4v) is 3.73. The SMILES string of the molecule is C[C@@H]1CN(C(=O)COc2ccc(C(=O)O)cc2[N+](=O)[O-])[C@@H](C)CN1Cc1ccc(F)cc1. The number of nitrogens with zero attached hydrogens (tertiary/aromatic N) is 3. The van der Waals surface area contributed by atoms with Crippen LogP contribution in [0.15, 0.2) is 42.5 Å². The molecule has 0 aromatic heterocycles. The normalized spacial score (nSPS) is 18.9. The van der Waals surface area contributed by atoms with Gasteiger partial charge in [0.15, 0.2) is 12.4 Å². The minimum absolute atomic E-state index is 0.0457. The summed E-state index contributed by atoms with van der Waals surface area (Å²) in [6.45, 7) is 5.19. The summed E-state index contributed by atoms with van der Waals surface area (Å²) in [5.74, 6) is -2.06. The van der Waals surface area contributed by atoms with E-state index in [9.17, 15) is 24.1 Å². The van der Waals surface area contributed by atoms with Crippen molar-refractivity contribution in [1.29, 1.82) is 0 Å². The van der Waals surface area contributed by atoms with Crippen LogP contribution in [0.3, 0.4) is 0 Å². The first-order valence-corrected chi connectivity index (χ1v) is 10.1. The number of amides is 1. The highest BCUT2D eigenvalue weighted by Gasteiger charge is 2.32. The molecule has 10 heteroatoms. The van der Waals surface area contributed by atoms with Crippen molar-refractivity contribution in [2.24, 2.45) is 0 Å². The van der Waals surface area contributed by atoms with Crippen LogP contribution < -0.4 is 4.74 Å². The largest absolute Gasteiger partial charge is 0.478 e. The predicted octanol–water partition coefficient (Wildman–Crippen LogP) is 2.93. The molecular weight excluding hydrogens is 421 g/mol. The molecule has 3 rings (SSSR count). The average molecular weight is 445 g/mol. The van der Waals surface area contributed by atoms with E-state index < -0.39 is 23.2 Å². The lowest BCUT2D eigenvalue weighted by Gasteiger charge is -2.44. The molecule has 1 saturated heterocycles. The van der Waals surface area contributed by atoms with Gasteiger partial charge in [0.25, 0.3) is 5.91 Å². The van der Waals surface area contributed by atoms with Gasteiger partial charge in [-0.3, -0.25) is 19.8 Å². The van der Waals surface area contributed by atoms with E-state index >= 15 is 0 Å². The van der Waals surface area contributed by atoms with E-state index in [-0.39, 0.29) is 35.1 Å². The van der Waals surface area contributed by atoms with E-state index in [2.05, 4.69) is 4.90 Å².